The molecule has 5 aliphatic rings. The van der Waals surface area contributed by atoms with Crippen LogP contribution >= 0.6 is 0 Å². The molecule has 0 unspecified atom stereocenters. The average molecular weight is 415 g/mol. The normalized spacial score (nSPS) is 39.7. The summed E-state index contributed by atoms with van der Waals surface area (Å²) >= 11 is 0. The Morgan fingerprint density at radius 1 is 1.20 bits per heavy atom. The molecule has 4 atom stereocenters. The van der Waals surface area contributed by atoms with Crippen molar-refractivity contribution in [2.24, 2.45) is 11.3 Å². The largest absolute Gasteiger partial charge is 0.347 e. The van der Waals surface area contributed by atoms with Gasteiger partial charge in [-0.1, -0.05) is 18.2 Å². The van der Waals surface area contributed by atoms with Gasteiger partial charge in [-0.25, -0.2) is 0 Å². The van der Waals surface area contributed by atoms with Gasteiger partial charge in [-0.05, 0) is 71.0 Å². The van der Waals surface area contributed by atoms with Crippen LogP contribution in [0, 0.1) is 11.3 Å². The summed E-state index contributed by atoms with van der Waals surface area (Å²) in [6.45, 7) is 9.39. The van der Waals surface area contributed by atoms with Crippen molar-refractivity contribution in [3.63, 3.8) is 0 Å². The molecule has 4 fully saturated rings. The lowest BCUT2D eigenvalue weighted by Gasteiger charge is -2.57. The molecule has 166 valence electrons. The molecule has 0 amide bonds. The van der Waals surface area contributed by atoms with Crippen molar-refractivity contribution in [3.05, 3.63) is 24.8 Å². The van der Waals surface area contributed by atoms with E-state index in [2.05, 4.69) is 28.5 Å². The number of carbonyl (C=O) groups excluding carboxylic acids is 1. The number of carbonyl (C=O) groups is 1. The van der Waals surface area contributed by atoms with Crippen LogP contribution in [-0.4, -0.2) is 72.8 Å². The van der Waals surface area contributed by atoms with Gasteiger partial charge >= 0.3 is 0 Å². The molecule has 30 heavy (non-hydrogen) atoms. The van der Waals surface area contributed by atoms with E-state index in [-0.39, 0.29) is 11.5 Å². The maximum atomic E-state index is 13.7. The van der Waals surface area contributed by atoms with E-state index >= 15 is 0 Å². The van der Waals surface area contributed by atoms with Crippen LogP contribution in [0.25, 0.3) is 0 Å². The summed E-state index contributed by atoms with van der Waals surface area (Å²) in [6, 6.07) is 0.420. The molecular formula is C25H38N2O3. The quantitative estimate of drug-likeness (QED) is 0.508. The highest BCUT2D eigenvalue weighted by molar-refractivity contribution is 5.88. The number of hydrogen-bond acceptors (Lipinski definition) is 5. The van der Waals surface area contributed by atoms with Gasteiger partial charge in [-0.15, -0.1) is 6.58 Å². The van der Waals surface area contributed by atoms with Gasteiger partial charge in [-0.3, -0.25) is 9.69 Å². The summed E-state index contributed by atoms with van der Waals surface area (Å²) < 4.78 is 12.5. The van der Waals surface area contributed by atoms with Gasteiger partial charge in [0.05, 0.1) is 25.7 Å². The van der Waals surface area contributed by atoms with E-state index in [1.165, 1.54) is 32.1 Å². The standard InChI is InChI=1S/C25H38N2O3/c1-2-3-4-8-12-26-14-11-22-24(19-26)17-20-10-7-5-6-9-13-27(20)23(24)21(28)18-25(22)29-15-16-30-25/h2,7,10,20,22-23H,1,3-6,8-9,11-19H2/b10-7-/t20-,22+,23-,24-/m0/s1. The highest BCUT2D eigenvalue weighted by Crippen LogP contribution is 2.60. The van der Waals surface area contributed by atoms with Gasteiger partial charge in [0.25, 0.3) is 0 Å². The molecule has 0 bridgehead atoms. The van der Waals surface area contributed by atoms with Crippen LogP contribution < -0.4 is 0 Å². The van der Waals surface area contributed by atoms with Crippen molar-refractivity contribution < 1.29 is 14.3 Å². The van der Waals surface area contributed by atoms with E-state index in [1.807, 2.05) is 6.08 Å². The third kappa shape index (κ3) is 3.42. The molecule has 0 aromatic carbocycles. The molecule has 1 aliphatic carbocycles. The number of nitrogens with zero attached hydrogens (tertiary/aromatic N) is 2. The van der Waals surface area contributed by atoms with Crippen LogP contribution in [0.15, 0.2) is 24.8 Å². The summed E-state index contributed by atoms with van der Waals surface area (Å²) in [5.41, 5.74) is -0.0459. The molecule has 0 aromatic rings. The number of unbranched alkanes of at least 4 members (excludes halogenated alkanes) is 2. The zero-order chi connectivity index (χ0) is 20.6. The van der Waals surface area contributed by atoms with E-state index < -0.39 is 5.79 Å². The van der Waals surface area contributed by atoms with E-state index in [9.17, 15) is 4.79 Å². The van der Waals surface area contributed by atoms with Crippen molar-refractivity contribution in [2.75, 3.05) is 39.4 Å². The lowest BCUT2D eigenvalue weighted by Crippen LogP contribution is -2.68. The highest BCUT2D eigenvalue weighted by atomic mass is 16.7. The fourth-order valence-electron chi connectivity index (χ4n) is 7.33. The molecule has 2 spiro atoms. The SMILES string of the molecule is C=CCCCCN1CC[C@H]2C3(CC(=O)[C@@H]4N5CCCC/C=C\[C@H]5C[C@@]42C1)OCCO3. The number of fused-ring (bicyclic) bond motifs is 3. The molecule has 3 saturated heterocycles. The number of piperidine rings is 1. The number of likely N-dealkylation sites (tertiary alicyclic amines) is 1. The monoisotopic (exact) mass is 414 g/mol. The second-order valence-electron chi connectivity index (χ2n) is 10.1. The Labute approximate surface area is 181 Å². The molecule has 1 saturated carbocycles. The Bertz CT molecular complexity index is 686. The minimum absolute atomic E-state index is 0.0321. The lowest BCUT2D eigenvalue weighted by atomic mass is 9.57. The Morgan fingerprint density at radius 3 is 2.90 bits per heavy atom. The van der Waals surface area contributed by atoms with Crippen LogP contribution in [0.5, 0.6) is 0 Å². The van der Waals surface area contributed by atoms with Gasteiger partial charge < -0.3 is 14.4 Å². The predicted octanol–water partition coefficient (Wildman–Crippen LogP) is 3.55. The van der Waals surface area contributed by atoms with Crippen molar-refractivity contribution in [3.8, 4) is 0 Å². The second-order valence-corrected chi connectivity index (χ2v) is 10.1. The van der Waals surface area contributed by atoms with Crippen molar-refractivity contribution in [1.29, 1.82) is 0 Å². The number of ether oxygens (including phenoxy) is 2. The second kappa shape index (κ2) is 8.50. The summed E-state index contributed by atoms with van der Waals surface area (Å²) in [6.07, 6.45) is 16.5. The Hall–Kier alpha value is -1.01. The predicted molar refractivity (Wildman–Crippen MR) is 117 cm³/mol. The number of allylic oxidation sites excluding steroid dienone is 2. The molecule has 4 heterocycles. The van der Waals surface area contributed by atoms with Crippen LogP contribution in [-0.2, 0) is 14.3 Å². The van der Waals surface area contributed by atoms with E-state index in [0.717, 1.165) is 45.4 Å². The topological polar surface area (TPSA) is 42.0 Å². The zero-order valence-electron chi connectivity index (χ0n) is 18.4. The molecule has 5 heteroatoms. The van der Waals surface area contributed by atoms with Gasteiger partial charge in [0.15, 0.2) is 11.6 Å². The Kier molecular flexibility index (Phi) is 5.91. The Balaban J connectivity index is 1.46. The van der Waals surface area contributed by atoms with Gasteiger partial charge in [0.1, 0.15) is 0 Å². The first kappa shape index (κ1) is 20.9. The molecule has 0 radical (unpaired) electrons. The van der Waals surface area contributed by atoms with E-state index in [0.29, 0.717) is 37.4 Å². The average Bonchev–Trinajstić information content (AvgIpc) is 3.29. The van der Waals surface area contributed by atoms with Crippen LogP contribution in [0.4, 0.5) is 0 Å². The molecule has 4 aliphatic heterocycles. The highest BCUT2D eigenvalue weighted by Gasteiger charge is 2.69. The van der Waals surface area contributed by atoms with Crippen LogP contribution in [0.3, 0.4) is 0 Å². The first-order chi connectivity index (χ1) is 14.7. The minimum Gasteiger partial charge on any atom is -0.347 e. The van der Waals surface area contributed by atoms with Gasteiger partial charge in [0.2, 0.25) is 0 Å². The minimum atomic E-state index is -0.660. The Morgan fingerprint density at radius 2 is 2.07 bits per heavy atom. The van der Waals surface area contributed by atoms with Gasteiger partial charge in [-0.2, -0.15) is 0 Å². The van der Waals surface area contributed by atoms with Crippen molar-refractivity contribution in [1.82, 2.24) is 9.80 Å². The van der Waals surface area contributed by atoms with Crippen LogP contribution in [0.1, 0.15) is 57.8 Å². The van der Waals surface area contributed by atoms with Crippen molar-refractivity contribution in [2.45, 2.75) is 75.7 Å². The maximum Gasteiger partial charge on any atom is 0.178 e. The van der Waals surface area contributed by atoms with Crippen molar-refractivity contribution >= 4 is 5.78 Å². The zero-order valence-corrected chi connectivity index (χ0v) is 18.4. The molecule has 0 aromatic heterocycles. The number of ketones is 1. The lowest BCUT2D eigenvalue weighted by molar-refractivity contribution is -0.255. The van der Waals surface area contributed by atoms with E-state index in [4.69, 9.17) is 9.47 Å². The summed E-state index contributed by atoms with van der Waals surface area (Å²) in [5.74, 6) is 0.0203. The maximum absolute atomic E-state index is 13.7. The van der Waals surface area contributed by atoms with E-state index in [1.54, 1.807) is 0 Å². The third-order valence-electron chi connectivity index (χ3n) is 8.40. The fourth-order valence-corrected chi connectivity index (χ4v) is 7.33. The number of Topliss-reactive ketones (excluding diaryl/α,β-unsaturated/α-hetero) is 1. The summed E-state index contributed by atoms with van der Waals surface area (Å²) in [7, 11) is 0. The number of rotatable bonds is 5. The smallest absolute Gasteiger partial charge is 0.178 e. The molecule has 5 nitrogen and oxygen atoms in total. The van der Waals surface area contributed by atoms with Gasteiger partial charge in [0, 0.05) is 23.9 Å². The molecule has 5 rings (SSSR count). The first-order valence-electron chi connectivity index (χ1n) is 12.2. The number of hydrogen-bond donors (Lipinski definition) is 0. The molecular weight excluding hydrogens is 376 g/mol. The molecule has 0 N–H and O–H groups in total. The van der Waals surface area contributed by atoms with Crippen LogP contribution in [0.2, 0.25) is 0 Å². The first-order valence-corrected chi connectivity index (χ1v) is 12.2. The summed E-state index contributed by atoms with van der Waals surface area (Å²) in [5, 5.41) is 0. The third-order valence-corrected chi connectivity index (χ3v) is 8.40. The summed E-state index contributed by atoms with van der Waals surface area (Å²) in [4.78, 5) is 18.9. The fraction of sp³-hybridized carbons (Fsp3) is 0.800.